The van der Waals surface area contributed by atoms with Crippen molar-refractivity contribution in [1.29, 1.82) is 0 Å². The van der Waals surface area contributed by atoms with Crippen LogP contribution in [-0.4, -0.2) is 22.3 Å². The molecule has 0 saturated heterocycles. The molecule has 1 aromatic heterocycles. The average molecular weight is 340 g/mol. The maximum Gasteiger partial charge on any atom is 0.189 e. The van der Waals surface area contributed by atoms with Crippen molar-refractivity contribution >= 4 is 29.2 Å². The lowest BCUT2D eigenvalue weighted by Crippen LogP contribution is -2.34. The van der Waals surface area contributed by atoms with Crippen LogP contribution in [0.4, 0.5) is 0 Å². The molecule has 0 saturated carbocycles. The summed E-state index contributed by atoms with van der Waals surface area (Å²) >= 11 is 12.1. The van der Waals surface area contributed by atoms with Crippen LogP contribution in [0.3, 0.4) is 0 Å². The number of aliphatic imine (C=N–C) groups is 1. The third kappa shape index (κ3) is 4.93. The summed E-state index contributed by atoms with van der Waals surface area (Å²) in [5, 5.41) is 8.48. The molecule has 2 rings (SSSR count). The van der Waals surface area contributed by atoms with E-state index in [1.165, 1.54) is 0 Å². The highest BCUT2D eigenvalue weighted by Crippen LogP contribution is 2.25. The van der Waals surface area contributed by atoms with E-state index < -0.39 is 0 Å². The molecular formula is C15H19Cl2N5. The fourth-order valence-corrected chi connectivity index (χ4v) is 2.63. The van der Waals surface area contributed by atoms with E-state index in [0.717, 1.165) is 18.5 Å². The Kier molecular flexibility index (Phi) is 6.10. The van der Waals surface area contributed by atoms with Gasteiger partial charge in [-0.05, 0) is 37.1 Å². The Labute approximate surface area is 140 Å². The van der Waals surface area contributed by atoms with Gasteiger partial charge in [-0.1, -0.05) is 29.3 Å². The predicted molar refractivity (Wildman–Crippen MR) is 91.3 cm³/mol. The Morgan fingerprint density at radius 2 is 2.27 bits per heavy atom. The van der Waals surface area contributed by atoms with E-state index in [4.69, 9.17) is 28.9 Å². The molecule has 0 aliphatic carbocycles. The number of hydrogen-bond donors (Lipinski definition) is 2. The maximum atomic E-state index is 6.18. The van der Waals surface area contributed by atoms with E-state index in [-0.39, 0.29) is 6.04 Å². The Morgan fingerprint density at radius 3 is 2.95 bits per heavy atom. The molecule has 0 fully saturated rings. The zero-order chi connectivity index (χ0) is 15.9. The molecule has 5 nitrogen and oxygen atoms in total. The first kappa shape index (κ1) is 16.6. The number of halogens is 2. The van der Waals surface area contributed by atoms with E-state index in [2.05, 4.69) is 15.4 Å². The Bertz CT molecular complexity index is 625. The number of nitrogens with zero attached hydrogens (tertiary/aromatic N) is 3. The number of guanidine groups is 1. The Morgan fingerprint density at radius 1 is 1.45 bits per heavy atom. The van der Waals surface area contributed by atoms with Crippen LogP contribution < -0.4 is 11.1 Å². The maximum absolute atomic E-state index is 6.18. The first-order valence-electron chi connectivity index (χ1n) is 7.05. The van der Waals surface area contributed by atoms with Crippen LogP contribution in [0, 0.1) is 0 Å². The summed E-state index contributed by atoms with van der Waals surface area (Å²) in [6, 6.07) is 7.26. The van der Waals surface area contributed by atoms with Gasteiger partial charge in [0.2, 0.25) is 0 Å². The van der Waals surface area contributed by atoms with Gasteiger partial charge in [-0.2, -0.15) is 5.10 Å². The third-order valence-corrected chi connectivity index (χ3v) is 3.74. The largest absolute Gasteiger partial charge is 0.370 e. The minimum Gasteiger partial charge on any atom is -0.370 e. The number of nitrogens with one attached hydrogen (secondary N) is 1. The van der Waals surface area contributed by atoms with Crippen LogP contribution in [0.1, 0.15) is 24.9 Å². The van der Waals surface area contributed by atoms with Crippen molar-refractivity contribution in [2.45, 2.75) is 25.9 Å². The molecule has 7 heteroatoms. The average Bonchev–Trinajstić information content (AvgIpc) is 2.96. The monoisotopic (exact) mass is 339 g/mol. The van der Waals surface area contributed by atoms with Crippen molar-refractivity contribution in [1.82, 2.24) is 15.1 Å². The normalized spacial score (nSPS) is 13.1. The quantitative estimate of drug-likeness (QED) is 0.482. The predicted octanol–water partition coefficient (Wildman–Crippen LogP) is 3.25. The molecule has 1 aromatic carbocycles. The zero-order valence-corrected chi connectivity index (χ0v) is 13.8. The minimum atomic E-state index is -0.0420. The van der Waals surface area contributed by atoms with Crippen LogP contribution in [0.5, 0.6) is 0 Å². The molecular weight excluding hydrogens is 321 g/mol. The van der Waals surface area contributed by atoms with Crippen molar-refractivity contribution < 1.29 is 0 Å². The van der Waals surface area contributed by atoms with Crippen LogP contribution >= 0.6 is 23.2 Å². The second-order valence-electron chi connectivity index (χ2n) is 4.92. The second-order valence-corrected chi connectivity index (χ2v) is 5.77. The Hall–Kier alpha value is -1.72. The molecule has 3 N–H and O–H groups in total. The van der Waals surface area contributed by atoms with Gasteiger partial charge in [0.05, 0.1) is 6.04 Å². The van der Waals surface area contributed by atoms with Crippen molar-refractivity contribution in [2.75, 3.05) is 6.54 Å². The molecule has 0 aliphatic rings. The summed E-state index contributed by atoms with van der Waals surface area (Å²) in [5.74, 6) is 0.402. The fraction of sp³-hybridized carbons (Fsp3) is 0.333. The highest BCUT2D eigenvalue weighted by atomic mass is 35.5. The molecule has 2 aromatic rings. The van der Waals surface area contributed by atoms with Crippen LogP contribution in [-0.2, 0) is 6.54 Å². The standard InChI is InChI=1S/C15H19Cl2N5/c1-11(13-5-4-12(16)10-14(13)17)21-15(18)19-6-2-8-22-9-3-7-20-22/h3-5,7,9-11H,2,6,8H2,1H3,(H3,18,19,21). The number of hydrogen-bond acceptors (Lipinski definition) is 2. The zero-order valence-electron chi connectivity index (χ0n) is 12.3. The van der Waals surface area contributed by atoms with Gasteiger partial charge < -0.3 is 11.1 Å². The molecule has 0 bridgehead atoms. The molecule has 118 valence electrons. The molecule has 22 heavy (non-hydrogen) atoms. The van der Waals surface area contributed by atoms with Crippen molar-refractivity contribution in [2.24, 2.45) is 10.7 Å². The SMILES string of the molecule is CC(NC(N)=NCCCn1cccn1)c1ccc(Cl)cc1Cl. The number of aromatic nitrogens is 2. The lowest BCUT2D eigenvalue weighted by atomic mass is 10.1. The van der Waals surface area contributed by atoms with Crippen LogP contribution in [0.2, 0.25) is 10.0 Å². The summed E-state index contributed by atoms with van der Waals surface area (Å²) in [5.41, 5.74) is 6.83. The van der Waals surface area contributed by atoms with Crippen molar-refractivity contribution in [3.63, 3.8) is 0 Å². The van der Waals surface area contributed by atoms with E-state index in [1.807, 2.05) is 29.9 Å². The van der Waals surface area contributed by atoms with Gasteiger partial charge in [0.25, 0.3) is 0 Å². The number of benzene rings is 1. The number of aryl methyl sites for hydroxylation is 1. The summed E-state index contributed by atoms with van der Waals surface area (Å²) in [6.07, 6.45) is 4.56. The van der Waals surface area contributed by atoms with Crippen LogP contribution in [0.15, 0.2) is 41.7 Å². The van der Waals surface area contributed by atoms with Gasteiger partial charge >= 0.3 is 0 Å². The topological polar surface area (TPSA) is 68.2 Å². The summed E-state index contributed by atoms with van der Waals surface area (Å²) < 4.78 is 1.87. The second kappa shape index (κ2) is 8.06. The van der Waals surface area contributed by atoms with Gasteiger partial charge in [0, 0.05) is 35.5 Å². The third-order valence-electron chi connectivity index (χ3n) is 3.18. The first-order valence-corrected chi connectivity index (χ1v) is 7.80. The summed E-state index contributed by atoms with van der Waals surface area (Å²) in [6.45, 7) is 3.43. The van der Waals surface area contributed by atoms with Gasteiger partial charge in [-0.3, -0.25) is 9.67 Å². The van der Waals surface area contributed by atoms with E-state index in [9.17, 15) is 0 Å². The fourth-order valence-electron chi connectivity index (χ4n) is 2.06. The number of nitrogens with two attached hydrogens (primary N) is 1. The lowest BCUT2D eigenvalue weighted by molar-refractivity contribution is 0.584. The molecule has 0 amide bonds. The highest BCUT2D eigenvalue weighted by molar-refractivity contribution is 6.35. The van der Waals surface area contributed by atoms with E-state index in [0.29, 0.717) is 22.5 Å². The lowest BCUT2D eigenvalue weighted by Gasteiger charge is -2.16. The number of rotatable bonds is 6. The van der Waals surface area contributed by atoms with Gasteiger partial charge in [0.1, 0.15) is 0 Å². The van der Waals surface area contributed by atoms with Crippen LogP contribution in [0.25, 0.3) is 0 Å². The molecule has 0 radical (unpaired) electrons. The van der Waals surface area contributed by atoms with E-state index >= 15 is 0 Å². The molecule has 1 heterocycles. The molecule has 0 aliphatic heterocycles. The molecule has 0 spiro atoms. The van der Waals surface area contributed by atoms with Gasteiger partial charge in [0.15, 0.2) is 5.96 Å². The van der Waals surface area contributed by atoms with Crippen molar-refractivity contribution in [3.05, 3.63) is 52.3 Å². The summed E-state index contributed by atoms with van der Waals surface area (Å²) in [7, 11) is 0. The Balaban J connectivity index is 1.82. The smallest absolute Gasteiger partial charge is 0.189 e. The van der Waals surface area contributed by atoms with Crippen molar-refractivity contribution in [3.8, 4) is 0 Å². The first-order chi connectivity index (χ1) is 10.6. The van der Waals surface area contributed by atoms with Gasteiger partial charge in [-0.15, -0.1) is 0 Å². The highest BCUT2D eigenvalue weighted by Gasteiger charge is 2.10. The minimum absolute atomic E-state index is 0.0420. The summed E-state index contributed by atoms with van der Waals surface area (Å²) in [4.78, 5) is 4.31. The van der Waals surface area contributed by atoms with E-state index in [1.54, 1.807) is 18.3 Å². The van der Waals surface area contributed by atoms with Gasteiger partial charge in [-0.25, -0.2) is 0 Å². The molecule has 1 unspecified atom stereocenters. The molecule has 1 atom stereocenters.